The number of hydrazine groups is 1. The molecule has 0 unspecified atom stereocenters. The second-order valence-electron chi connectivity index (χ2n) is 5.88. The van der Waals surface area contributed by atoms with Crippen LogP contribution in [0.15, 0.2) is 18.2 Å². The minimum atomic E-state index is -0.370. The minimum Gasteiger partial charge on any atom is -0.324 e. The van der Waals surface area contributed by atoms with E-state index >= 15 is 0 Å². The van der Waals surface area contributed by atoms with Crippen molar-refractivity contribution in [1.29, 1.82) is 0 Å². The summed E-state index contributed by atoms with van der Waals surface area (Å²) >= 11 is 1.98. The molecule has 1 aliphatic rings. The molecule has 7 heteroatoms. The third-order valence-corrected chi connectivity index (χ3v) is 5.15. The largest absolute Gasteiger partial charge is 0.324 e. The Morgan fingerprint density at radius 2 is 2.24 bits per heavy atom. The highest BCUT2D eigenvalue weighted by Crippen LogP contribution is 2.32. The van der Waals surface area contributed by atoms with Crippen molar-refractivity contribution in [2.24, 2.45) is 5.84 Å². The van der Waals surface area contributed by atoms with Crippen LogP contribution >= 0.6 is 11.8 Å². The third kappa shape index (κ3) is 4.33. The van der Waals surface area contributed by atoms with E-state index in [0.717, 1.165) is 36.5 Å². The molecule has 3 N–H and O–H groups in total. The van der Waals surface area contributed by atoms with Gasteiger partial charge in [-0.3, -0.25) is 20.9 Å². The van der Waals surface area contributed by atoms with Gasteiger partial charge in [-0.25, -0.2) is 0 Å². The zero-order valence-electron chi connectivity index (χ0n) is 12.5. The Balaban J connectivity index is 2.14. The van der Waals surface area contributed by atoms with Crippen LogP contribution in [0.5, 0.6) is 0 Å². The van der Waals surface area contributed by atoms with E-state index in [4.69, 9.17) is 5.84 Å². The fourth-order valence-electron chi connectivity index (χ4n) is 2.43. The van der Waals surface area contributed by atoms with Crippen molar-refractivity contribution < 1.29 is 4.92 Å². The van der Waals surface area contributed by atoms with Gasteiger partial charge in [0, 0.05) is 35.7 Å². The number of nitro groups is 1. The second kappa shape index (κ2) is 6.64. The normalized spacial score (nSPS) is 19.0. The molecule has 0 amide bonds. The molecule has 0 atom stereocenters. The summed E-state index contributed by atoms with van der Waals surface area (Å²) in [5, 5.41) is 10.9. The maximum Gasteiger partial charge on any atom is 0.269 e. The summed E-state index contributed by atoms with van der Waals surface area (Å²) in [6.07, 6.45) is 1.11. The predicted molar refractivity (Wildman–Crippen MR) is 87.3 cm³/mol. The van der Waals surface area contributed by atoms with E-state index < -0.39 is 0 Å². The zero-order valence-corrected chi connectivity index (χ0v) is 13.3. The number of nitrogen functional groups attached to an aromatic ring is 1. The van der Waals surface area contributed by atoms with Crippen LogP contribution in [-0.2, 0) is 6.54 Å². The van der Waals surface area contributed by atoms with Crippen LogP contribution < -0.4 is 11.3 Å². The van der Waals surface area contributed by atoms with Crippen molar-refractivity contribution in [1.82, 2.24) is 4.90 Å². The Bertz CT molecular complexity index is 522. The highest BCUT2D eigenvalue weighted by molar-refractivity contribution is 8.00. The number of nitrogens with one attached hydrogen (secondary N) is 1. The van der Waals surface area contributed by atoms with Crippen LogP contribution in [0.4, 0.5) is 11.4 Å². The monoisotopic (exact) mass is 310 g/mol. The number of hydrogen-bond acceptors (Lipinski definition) is 6. The lowest BCUT2D eigenvalue weighted by Crippen LogP contribution is -2.27. The summed E-state index contributed by atoms with van der Waals surface area (Å²) < 4.78 is 0.298. The lowest BCUT2D eigenvalue weighted by atomic mass is 10.1. The maximum absolute atomic E-state index is 10.9. The van der Waals surface area contributed by atoms with E-state index in [1.165, 1.54) is 6.07 Å². The van der Waals surface area contributed by atoms with E-state index in [9.17, 15) is 10.1 Å². The minimum absolute atomic E-state index is 0.105. The van der Waals surface area contributed by atoms with Gasteiger partial charge in [-0.2, -0.15) is 11.8 Å². The molecular weight excluding hydrogens is 288 g/mol. The van der Waals surface area contributed by atoms with Crippen molar-refractivity contribution in [2.75, 3.05) is 24.3 Å². The number of non-ortho nitro benzene ring substituents is 1. The highest BCUT2D eigenvalue weighted by Gasteiger charge is 2.24. The highest BCUT2D eigenvalue weighted by atomic mass is 32.2. The Hall–Kier alpha value is -1.31. The zero-order chi connectivity index (χ0) is 15.5. The Kier molecular flexibility index (Phi) is 5.08. The molecular formula is C14H22N4O2S. The van der Waals surface area contributed by atoms with E-state index in [2.05, 4.69) is 24.2 Å². The number of anilines is 1. The smallest absolute Gasteiger partial charge is 0.269 e. The summed E-state index contributed by atoms with van der Waals surface area (Å²) in [6, 6.07) is 4.75. The lowest BCUT2D eigenvalue weighted by molar-refractivity contribution is -0.384. The first-order chi connectivity index (χ1) is 9.91. The molecule has 0 bridgehead atoms. The van der Waals surface area contributed by atoms with Crippen LogP contribution in [0.1, 0.15) is 25.8 Å². The molecule has 116 valence electrons. The first kappa shape index (κ1) is 16.1. The number of benzene rings is 1. The van der Waals surface area contributed by atoms with Crippen LogP contribution in [0, 0.1) is 10.1 Å². The fraction of sp³-hybridized carbons (Fsp3) is 0.571. The van der Waals surface area contributed by atoms with Crippen molar-refractivity contribution >= 4 is 23.1 Å². The van der Waals surface area contributed by atoms with Gasteiger partial charge in [0.05, 0.1) is 10.6 Å². The molecule has 1 saturated heterocycles. The van der Waals surface area contributed by atoms with Crippen LogP contribution in [0.3, 0.4) is 0 Å². The van der Waals surface area contributed by atoms with Gasteiger partial charge in [0.25, 0.3) is 5.69 Å². The molecule has 0 aliphatic carbocycles. The summed E-state index contributed by atoms with van der Waals surface area (Å²) in [4.78, 5) is 12.9. The number of nitrogens with zero attached hydrogens (tertiary/aromatic N) is 2. The summed E-state index contributed by atoms with van der Waals surface area (Å²) in [5.41, 5.74) is 4.35. The van der Waals surface area contributed by atoms with Gasteiger partial charge in [-0.05, 0) is 24.6 Å². The molecule has 0 spiro atoms. The van der Waals surface area contributed by atoms with Gasteiger partial charge in [0.2, 0.25) is 0 Å². The maximum atomic E-state index is 10.9. The summed E-state index contributed by atoms with van der Waals surface area (Å²) in [6.45, 7) is 7.19. The van der Waals surface area contributed by atoms with Crippen LogP contribution in [0.2, 0.25) is 0 Å². The van der Waals surface area contributed by atoms with Gasteiger partial charge >= 0.3 is 0 Å². The number of nitrogens with two attached hydrogens (primary N) is 1. The second-order valence-corrected chi connectivity index (χ2v) is 7.68. The molecule has 1 heterocycles. The Morgan fingerprint density at radius 1 is 1.48 bits per heavy atom. The summed E-state index contributed by atoms with van der Waals surface area (Å²) in [7, 11) is 0. The van der Waals surface area contributed by atoms with Gasteiger partial charge in [0.1, 0.15) is 0 Å². The number of hydrogen-bond donors (Lipinski definition) is 2. The molecule has 0 radical (unpaired) electrons. The first-order valence-electron chi connectivity index (χ1n) is 7.01. The van der Waals surface area contributed by atoms with Crippen molar-refractivity contribution in [3.8, 4) is 0 Å². The first-order valence-corrected chi connectivity index (χ1v) is 8.00. The van der Waals surface area contributed by atoms with Crippen LogP contribution in [0.25, 0.3) is 0 Å². The molecule has 2 rings (SSSR count). The molecule has 21 heavy (non-hydrogen) atoms. The van der Waals surface area contributed by atoms with Crippen LogP contribution in [-0.4, -0.2) is 33.4 Å². The SMILES string of the molecule is CC1(C)CCN(Cc2cc([N+](=O)[O-])ccc2NN)CCS1. The van der Waals surface area contributed by atoms with Crippen molar-refractivity contribution in [2.45, 2.75) is 31.6 Å². The lowest BCUT2D eigenvalue weighted by Gasteiger charge is -2.23. The Labute approximate surface area is 129 Å². The summed E-state index contributed by atoms with van der Waals surface area (Å²) in [5.74, 6) is 6.59. The van der Waals surface area contributed by atoms with E-state index in [0.29, 0.717) is 11.3 Å². The molecule has 0 saturated carbocycles. The fourth-order valence-corrected chi connectivity index (χ4v) is 3.56. The van der Waals surface area contributed by atoms with Gasteiger partial charge in [-0.15, -0.1) is 0 Å². The van der Waals surface area contributed by atoms with Crippen molar-refractivity contribution in [3.05, 3.63) is 33.9 Å². The predicted octanol–water partition coefficient (Wildman–Crippen LogP) is 2.60. The molecule has 0 aromatic heterocycles. The quantitative estimate of drug-likeness (QED) is 0.505. The molecule has 1 fully saturated rings. The standard InChI is InChI=1S/C14H22N4O2S/c1-14(2)5-6-17(7-8-21-14)10-11-9-12(18(19)20)3-4-13(11)16-15/h3-4,9,16H,5-8,10,15H2,1-2H3. The average Bonchev–Trinajstić information content (AvgIpc) is 2.60. The number of rotatable bonds is 4. The van der Waals surface area contributed by atoms with E-state index in [-0.39, 0.29) is 10.6 Å². The third-order valence-electron chi connectivity index (χ3n) is 3.78. The van der Waals surface area contributed by atoms with Gasteiger partial charge < -0.3 is 5.43 Å². The van der Waals surface area contributed by atoms with E-state index in [1.807, 2.05) is 11.8 Å². The van der Waals surface area contributed by atoms with Gasteiger partial charge in [-0.1, -0.05) is 13.8 Å². The average molecular weight is 310 g/mol. The molecule has 1 aliphatic heterocycles. The molecule has 1 aromatic rings. The number of nitro benzene ring substituents is 1. The topological polar surface area (TPSA) is 84.4 Å². The molecule has 6 nitrogen and oxygen atoms in total. The Morgan fingerprint density at radius 3 is 2.90 bits per heavy atom. The van der Waals surface area contributed by atoms with Gasteiger partial charge in [0.15, 0.2) is 0 Å². The number of thioether (sulfide) groups is 1. The van der Waals surface area contributed by atoms with E-state index in [1.54, 1.807) is 12.1 Å². The molecule has 1 aromatic carbocycles. The van der Waals surface area contributed by atoms with Crippen molar-refractivity contribution in [3.63, 3.8) is 0 Å².